The van der Waals surface area contributed by atoms with Crippen molar-refractivity contribution in [2.75, 3.05) is 31.6 Å². The Kier molecular flexibility index (Phi) is 6.46. The third-order valence-corrected chi connectivity index (χ3v) is 6.30. The largest absolute Gasteiger partial charge is 0.379 e. The van der Waals surface area contributed by atoms with Crippen LogP contribution in [0.25, 0.3) is 6.08 Å². The van der Waals surface area contributed by atoms with Gasteiger partial charge in [-0.2, -0.15) is 4.31 Å². The first-order valence-electron chi connectivity index (χ1n) is 8.48. The molecule has 0 aliphatic carbocycles. The highest BCUT2D eigenvalue weighted by Crippen LogP contribution is 2.20. The van der Waals surface area contributed by atoms with Crippen molar-refractivity contribution >= 4 is 39.3 Å². The van der Waals surface area contributed by atoms with Crippen molar-refractivity contribution in [1.82, 2.24) is 4.31 Å². The molecule has 0 radical (unpaired) electrons. The standard InChI is InChI=1S/C19H18ClFN2O4S/c20-17-13-15(4-7-18(17)21)22-19(24)8-3-14-1-5-16(6-2-14)28(25,26)23-9-11-27-12-10-23/h1-8,13H,9-12H2,(H,22,24)/b8-3+. The van der Waals surface area contributed by atoms with E-state index in [-0.39, 0.29) is 9.92 Å². The fourth-order valence-corrected chi connectivity index (χ4v) is 4.21. The van der Waals surface area contributed by atoms with E-state index in [1.54, 1.807) is 18.2 Å². The molecule has 148 valence electrons. The van der Waals surface area contributed by atoms with Crippen LogP contribution in [0.3, 0.4) is 0 Å². The van der Waals surface area contributed by atoms with Crippen LogP contribution in [0.1, 0.15) is 5.56 Å². The third kappa shape index (κ3) is 4.96. The molecule has 1 heterocycles. The van der Waals surface area contributed by atoms with Gasteiger partial charge in [-0.3, -0.25) is 4.79 Å². The van der Waals surface area contributed by atoms with Gasteiger partial charge >= 0.3 is 0 Å². The fourth-order valence-electron chi connectivity index (χ4n) is 2.62. The van der Waals surface area contributed by atoms with Crippen molar-refractivity contribution in [2.45, 2.75) is 4.90 Å². The number of sulfonamides is 1. The van der Waals surface area contributed by atoms with Crippen LogP contribution in [0.5, 0.6) is 0 Å². The minimum Gasteiger partial charge on any atom is -0.379 e. The molecule has 1 fully saturated rings. The number of hydrogen-bond acceptors (Lipinski definition) is 4. The Bertz CT molecular complexity index is 987. The lowest BCUT2D eigenvalue weighted by Crippen LogP contribution is -2.40. The van der Waals surface area contributed by atoms with Gasteiger partial charge in [0.1, 0.15) is 5.82 Å². The van der Waals surface area contributed by atoms with Gasteiger partial charge in [0.15, 0.2) is 0 Å². The summed E-state index contributed by atoms with van der Waals surface area (Å²) in [4.78, 5) is 12.2. The monoisotopic (exact) mass is 424 g/mol. The third-order valence-electron chi connectivity index (χ3n) is 4.10. The van der Waals surface area contributed by atoms with Crippen molar-refractivity contribution in [3.63, 3.8) is 0 Å². The van der Waals surface area contributed by atoms with E-state index in [1.165, 1.54) is 34.6 Å². The van der Waals surface area contributed by atoms with E-state index in [1.807, 2.05) is 0 Å². The lowest BCUT2D eigenvalue weighted by atomic mass is 10.2. The van der Waals surface area contributed by atoms with Crippen LogP contribution in [-0.2, 0) is 19.6 Å². The molecule has 1 amide bonds. The lowest BCUT2D eigenvalue weighted by Gasteiger charge is -2.26. The molecule has 28 heavy (non-hydrogen) atoms. The number of benzene rings is 2. The summed E-state index contributed by atoms with van der Waals surface area (Å²) in [7, 11) is -3.55. The van der Waals surface area contributed by atoms with Gasteiger partial charge in [-0.25, -0.2) is 12.8 Å². The van der Waals surface area contributed by atoms with E-state index in [9.17, 15) is 17.6 Å². The molecule has 3 rings (SSSR count). The number of ether oxygens (including phenoxy) is 1. The van der Waals surface area contributed by atoms with Gasteiger partial charge < -0.3 is 10.1 Å². The van der Waals surface area contributed by atoms with E-state index < -0.39 is 21.7 Å². The van der Waals surface area contributed by atoms with E-state index in [4.69, 9.17) is 16.3 Å². The van der Waals surface area contributed by atoms with E-state index >= 15 is 0 Å². The summed E-state index contributed by atoms with van der Waals surface area (Å²) in [5.74, 6) is -0.991. The number of rotatable bonds is 5. The summed E-state index contributed by atoms with van der Waals surface area (Å²) in [5, 5.41) is 2.48. The molecule has 2 aromatic rings. The predicted molar refractivity (Wildman–Crippen MR) is 105 cm³/mol. The van der Waals surface area contributed by atoms with E-state index in [2.05, 4.69) is 5.32 Å². The minimum absolute atomic E-state index is 0.0844. The lowest BCUT2D eigenvalue weighted by molar-refractivity contribution is -0.111. The number of amides is 1. The van der Waals surface area contributed by atoms with Crippen LogP contribution in [-0.4, -0.2) is 44.9 Å². The Balaban J connectivity index is 1.64. The number of morpholine rings is 1. The molecule has 1 aliphatic heterocycles. The average Bonchev–Trinajstić information content (AvgIpc) is 2.70. The first kappa shape index (κ1) is 20.5. The van der Waals surface area contributed by atoms with Gasteiger partial charge in [0.2, 0.25) is 15.9 Å². The van der Waals surface area contributed by atoms with Gasteiger partial charge in [-0.1, -0.05) is 23.7 Å². The van der Waals surface area contributed by atoms with Gasteiger partial charge in [-0.05, 0) is 42.0 Å². The second-order valence-corrected chi connectivity index (χ2v) is 8.38. The Morgan fingerprint density at radius 2 is 1.82 bits per heavy atom. The highest BCUT2D eigenvalue weighted by atomic mass is 35.5. The first-order chi connectivity index (χ1) is 13.4. The maximum absolute atomic E-state index is 13.1. The molecule has 9 heteroatoms. The first-order valence-corrected chi connectivity index (χ1v) is 10.3. The van der Waals surface area contributed by atoms with Crippen molar-refractivity contribution in [3.8, 4) is 0 Å². The highest BCUT2D eigenvalue weighted by molar-refractivity contribution is 7.89. The normalized spacial score (nSPS) is 15.6. The Morgan fingerprint density at radius 1 is 1.14 bits per heavy atom. The highest BCUT2D eigenvalue weighted by Gasteiger charge is 2.25. The summed E-state index contributed by atoms with van der Waals surface area (Å²) in [6, 6.07) is 10.1. The molecule has 1 aliphatic rings. The zero-order valence-corrected chi connectivity index (χ0v) is 16.3. The Hall–Kier alpha value is -2.26. The molecule has 6 nitrogen and oxygen atoms in total. The molecule has 0 atom stereocenters. The molecular weight excluding hydrogens is 407 g/mol. The quantitative estimate of drug-likeness (QED) is 0.748. The number of hydrogen-bond donors (Lipinski definition) is 1. The summed E-state index contributed by atoms with van der Waals surface area (Å²) in [5.41, 5.74) is 1.03. The van der Waals surface area contributed by atoms with E-state index in [0.717, 1.165) is 6.07 Å². The minimum atomic E-state index is -3.55. The van der Waals surface area contributed by atoms with Gasteiger partial charge in [0, 0.05) is 24.9 Å². The van der Waals surface area contributed by atoms with E-state index in [0.29, 0.717) is 37.6 Å². The van der Waals surface area contributed by atoms with Crippen molar-refractivity contribution in [1.29, 1.82) is 0 Å². The molecule has 0 bridgehead atoms. The van der Waals surface area contributed by atoms with Crippen LogP contribution in [0.2, 0.25) is 5.02 Å². The van der Waals surface area contributed by atoms with Gasteiger partial charge in [0.25, 0.3) is 0 Å². The predicted octanol–water partition coefficient (Wildman–Crippen LogP) is 3.15. The van der Waals surface area contributed by atoms with Crippen LogP contribution < -0.4 is 5.32 Å². The summed E-state index contributed by atoms with van der Waals surface area (Å²) >= 11 is 5.67. The zero-order valence-electron chi connectivity index (χ0n) is 14.8. The molecular formula is C19H18ClFN2O4S. The number of nitrogens with zero attached hydrogens (tertiary/aromatic N) is 1. The van der Waals surface area contributed by atoms with Gasteiger partial charge in [-0.15, -0.1) is 0 Å². The summed E-state index contributed by atoms with van der Waals surface area (Å²) < 4.78 is 44.8. The summed E-state index contributed by atoms with van der Waals surface area (Å²) in [6.07, 6.45) is 2.84. The smallest absolute Gasteiger partial charge is 0.248 e. The zero-order chi connectivity index (χ0) is 20.1. The summed E-state index contributed by atoms with van der Waals surface area (Å²) in [6.45, 7) is 1.43. The number of carbonyl (C=O) groups is 1. The molecule has 0 aromatic heterocycles. The second-order valence-electron chi connectivity index (χ2n) is 6.04. The molecule has 1 saturated heterocycles. The van der Waals surface area contributed by atoms with Gasteiger partial charge in [0.05, 0.1) is 23.1 Å². The van der Waals surface area contributed by atoms with Crippen LogP contribution in [0.15, 0.2) is 53.4 Å². The van der Waals surface area contributed by atoms with Crippen LogP contribution in [0.4, 0.5) is 10.1 Å². The molecule has 0 unspecified atom stereocenters. The Morgan fingerprint density at radius 3 is 2.46 bits per heavy atom. The topological polar surface area (TPSA) is 75.7 Å². The van der Waals surface area contributed by atoms with Crippen molar-refractivity contribution in [2.24, 2.45) is 0 Å². The molecule has 0 spiro atoms. The second kappa shape index (κ2) is 8.83. The molecule has 1 N–H and O–H groups in total. The van der Waals surface area contributed by atoms with Crippen LogP contribution in [0, 0.1) is 5.82 Å². The maximum Gasteiger partial charge on any atom is 0.248 e. The number of anilines is 1. The molecule has 0 saturated carbocycles. The fraction of sp³-hybridized carbons (Fsp3) is 0.211. The van der Waals surface area contributed by atoms with Crippen molar-refractivity contribution < 1.29 is 22.3 Å². The van der Waals surface area contributed by atoms with Crippen molar-refractivity contribution in [3.05, 3.63) is 64.9 Å². The number of nitrogens with one attached hydrogen (secondary N) is 1. The average molecular weight is 425 g/mol. The van der Waals surface area contributed by atoms with Crippen LogP contribution >= 0.6 is 11.6 Å². The number of carbonyl (C=O) groups excluding carboxylic acids is 1. The number of halogens is 2. The maximum atomic E-state index is 13.1. The molecule has 2 aromatic carbocycles. The SMILES string of the molecule is O=C(/C=C/c1ccc(S(=O)(=O)N2CCOCC2)cc1)Nc1ccc(F)c(Cl)c1. The Labute approximate surface area is 167 Å².